The van der Waals surface area contributed by atoms with Crippen LogP contribution < -0.4 is 10.2 Å². The summed E-state index contributed by atoms with van der Waals surface area (Å²) in [6.45, 7) is 0.0735. The van der Waals surface area contributed by atoms with Crippen molar-refractivity contribution in [3.63, 3.8) is 0 Å². The van der Waals surface area contributed by atoms with Crippen LogP contribution >= 0.6 is 0 Å². The number of rotatable bonds is 7. The van der Waals surface area contributed by atoms with Crippen LogP contribution in [0.25, 0.3) is 11.0 Å². The summed E-state index contributed by atoms with van der Waals surface area (Å²) in [5.41, 5.74) is 5.80. The molecule has 0 radical (unpaired) electrons. The first-order valence-electron chi connectivity index (χ1n) is 9.81. The number of aromatic hydroxyl groups is 1. The van der Waals surface area contributed by atoms with E-state index in [2.05, 4.69) is 10.5 Å². The Balaban J connectivity index is 1.52. The van der Waals surface area contributed by atoms with Gasteiger partial charge in [-0.3, -0.25) is 4.79 Å². The van der Waals surface area contributed by atoms with Gasteiger partial charge in [-0.25, -0.2) is 10.4 Å². The van der Waals surface area contributed by atoms with Gasteiger partial charge in [-0.05, 0) is 35.9 Å². The van der Waals surface area contributed by atoms with Gasteiger partial charge in [0, 0.05) is 12.0 Å². The molecule has 4 aromatic rings. The van der Waals surface area contributed by atoms with E-state index < -0.39 is 0 Å². The van der Waals surface area contributed by atoms with E-state index in [1.54, 1.807) is 12.1 Å². The first kappa shape index (κ1) is 20.2. The third-order valence-corrected chi connectivity index (χ3v) is 4.87. The number of hydrogen-bond acceptors (Lipinski definition) is 5. The van der Waals surface area contributed by atoms with E-state index in [0.29, 0.717) is 17.7 Å². The first-order valence-corrected chi connectivity index (χ1v) is 9.81. The zero-order valence-corrected chi connectivity index (χ0v) is 17.0. The zero-order valence-electron chi connectivity index (χ0n) is 17.0. The molecule has 1 amide bonds. The molecule has 0 bridgehead atoms. The Labute approximate surface area is 179 Å². The molecule has 0 spiro atoms. The molecule has 2 N–H and O–H groups in total. The number of carbonyl (C=O) groups is 1. The van der Waals surface area contributed by atoms with Gasteiger partial charge in [0.1, 0.15) is 23.9 Å². The first-order chi connectivity index (χ1) is 15.1. The maximum atomic E-state index is 12.6. The number of hydrazone groups is 1. The maximum Gasteiger partial charge on any atom is 0.260 e. The van der Waals surface area contributed by atoms with Crippen LogP contribution in [0.4, 0.5) is 0 Å². The molecule has 156 valence electrons. The van der Waals surface area contributed by atoms with E-state index in [4.69, 9.17) is 9.72 Å². The molecule has 0 aliphatic rings. The summed E-state index contributed by atoms with van der Waals surface area (Å²) < 4.78 is 7.04. The topological polar surface area (TPSA) is 88.7 Å². The number of methoxy groups -OCH3 is 1. The zero-order chi connectivity index (χ0) is 21.6. The number of carbonyl (C=O) groups excluding carboxylic acids is 1. The molecule has 0 saturated heterocycles. The number of phenols is 1. The van der Waals surface area contributed by atoms with Crippen molar-refractivity contribution < 1.29 is 14.6 Å². The van der Waals surface area contributed by atoms with Gasteiger partial charge >= 0.3 is 0 Å². The van der Waals surface area contributed by atoms with Crippen LogP contribution in [0.2, 0.25) is 0 Å². The Bertz CT molecular complexity index is 1230. The van der Waals surface area contributed by atoms with Crippen molar-refractivity contribution in [1.29, 1.82) is 0 Å². The van der Waals surface area contributed by atoms with Crippen LogP contribution in [-0.4, -0.2) is 33.9 Å². The van der Waals surface area contributed by atoms with E-state index >= 15 is 0 Å². The van der Waals surface area contributed by atoms with Gasteiger partial charge in [0.15, 0.2) is 0 Å². The minimum absolute atomic E-state index is 0.0459. The highest BCUT2D eigenvalue weighted by molar-refractivity contribution is 5.86. The number of imidazole rings is 1. The summed E-state index contributed by atoms with van der Waals surface area (Å²) in [7, 11) is 1.54. The van der Waals surface area contributed by atoms with E-state index in [1.165, 1.54) is 19.4 Å². The number of para-hydroxylation sites is 2. The van der Waals surface area contributed by atoms with Crippen molar-refractivity contribution in [3.05, 3.63) is 89.7 Å². The highest BCUT2D eigenvalue weighted by Crippen LogP contribution is 2.21. The molecular formula is C24H22N4O3. The fourth-order valence-electron chi connectivity index (χ4n) is 3.33. The highest BCUT2D eigenvalue weighted by atomic mass is 16.5. The van der Waals surface area contributed by atoms with Crippen molar-refractivity contribution in [1.82, 2.24) is 15.0 Å². The SMILES string of the molecule is COc1ccc(O)c(/C=N/NC(=O)Cn2c(Cc3ccccc3)nc3ccccc32)c1. The number of ether oxygens (including phenoxy) is 1. The molecule has 31 heavy (non-hydrogen) atoms. The molecule has 0 atom stereocenters. The standard InChI is InChI=1S/C24H22N4O3/c1-31-19-11-12-22(29)18(14-19)15-25-27-24(30)16-28-21-10-6-5-9-20(21)26-23(28)13-17-7-3-2-4-8-17/h2-12,14-15,29H,13,16H2,1H3,(H,27,30)/b25-15+. The lowest BCUT2D eigenvalue weighted by Crippen LogP contribution is -2.24. The van der Waals surface area contributed by atoms with Crippen LogP contribution in [0.15, 0.2) is 77.9 Å². The Kier molecular flexibility index (Phi) is 5.93. The van der Waals surface area contributed by atoms with Crippen molar-refractivity contribution in [2.24, 2.45) is 5.10 Å². The van der Waals surface area contributed by atoms with Gasteiger partial charge in [0.2, 0.25) is 0 Å². The molecule has 4 rings (SSSR count). The Morgan fingerprint density at radius 2 is 1.90 bits per heavy atom. The third-order valence-electron chi connectivity index (χ3n) is 4.87. The molecule has 0 unspecified atom stereocenters. The second kappa shape index (κ2) is 9.13. The van der Waals surface area contributed by atoms with Crippen LogP contribution in [0.5, 0.6) is 11.5 Å². The monoisotopic (exact) mass is 414 g/mol. The molecule has 1 heterocycles. The summed E-state index contributed by atoms with van der Waals surface area (Å²) in [5, 5.41) is 13.9. The van der Waals surface area contributed by atoms with Gasteiger partial charge in [0.25, 0.3) is 5.91 Å². The van der Waals surface area contributed by atoms with Crippen molar-refractivity contribution >= 4 is 23.2 Å². The van der Waals surface area contributed by atoms with E-state index in [0.717, 1.165) is 22.4 Å². The average molecular weight is 414 g/mol. The normalized spacial score (nSPS) is 11.1. The van der Waals surface area contributed by atoms with Crippen molar-refractivity contribution in [2.75, 3.05) is 7.11 Å². The van der Waals surface area contributed by atoms with Crippen LogP contribution in [-0.2, 0) is 17.8 Å². The molecule has 0 aliphatic carbocycles. The fourth-order valence-corrected chi connectivity index (χ4v) is 3.33. The fraction of sp³-hybridized carbons (Fsp3) is 0.125. The van der Waals surface area contributed by atoms with Gasteiger partial charge in [-0.2, -0.15) is 5.10 Å². The lowest BCUT2D eigenvalue weighted by atomic mass is 10.1. The largest absolute Gasteiger partial charge is 0.507 e. The number of amides is 1. The number of aromatic nitrogens is 2. The second-order valence-corrected chi connectivity index (χ2v) is 6.98. The van der Waals surface area contributed by atoms with Crippen molar-refractivity contribution in [2.45, 2.75) is 13.0 Å². The molecular weight excluding hydrogens is 392 g/mol. The van der Waals surface area contributed by atoms with Crippen LogP contribution in [0.3, 0.4) is 0 Å². The number of hydrogen-bond donors (Lipinski definition) is 2. The maximum absolute atomic E-state index is 12.6. The molecule has 0 saturated carbocycles. The quantitative estimate of drug-likeness (QED) is 0.358. The molecule has 7 nitrogen and oxygen atoms in total. The predicted molar refractivity (Wildman–Crippen MR) is 119 cm³/mol. The second-order valence-electron chi connectivity index (χ2n) is 6.98. The summed E-state index contributed by atoms with van der Waals surface area (Å²) in [4.78, 5) is 17.3. The van der Waals surface area contributed by atoms with E-state index in [9.17, 15) is 9.90 Å². The van der Waals surface area contributed by atoms with E-state index in [1.807, 2.05) is 59.2 Å². The van der Waals surface area contributed by atoms with Gasteiger partial charge in [0.05, 0.1) is 24.4 Å². The minimum Gasteiger partial charge on any atom is -0.507 e. The summed E-state index contributed by atoms with van der Waals surface area (Å²) in [6, 6.07) is 22.5. The number of benzene rings is 3. The van der Waals surface area contributed by atoms with Gasteiger partial charge in [-0.15, -0.1) is 0 Å². The Morgan fingerprint density at radius 1 is 1.13 bits per heavy atom. The number of fused-ring (bicyclic) bond motifs is 1. The van der Waals surface area contributed by atoms with Gasteiger partial charge in [-0.1, -0.05) is 42.5 Å². The number of nitrogens with zero attached hydrogens (tertiary/aromatic N) is 3. The third kappa shape index (κ3) is 4.72. The Morgan fingerprint density at radius 3 is 2.71 bits per heavy atom. The lowest BCUT2D eigenvalue weighted by Gasteiger charge is -2.08. The smallest absolute Gasteiger partial charge is 0.260 e. The summed E-state index contributed by atoms with van der Waals surface area (Å²) >= 11 is 0. The molecule has 0 aliphatic heterocycles. The lowest BCUT2D eigenvalue weighted by molar-refractivity contribution is -0.121. The number of phenolic OH excluding ortho intramolecular Hbond substituents is 1. The summed E-state index contributed by atoms with van der Waals surface area (Å²) in [6.07, 6.45) is 2.00. The summed E-state index contributed by atoms with van der Waals surface area (Å²) in [5.74, 6) is 1.14. The van der Waals surface area contributed by atoms with Crippen molar-refractivity contribution in [3.8, 4) is 11.5 Å². The van der Waals surface area contributed by atoms with E-state index in [-0.39, 0.29) is 18.2 Å². The van der Waals surface area contributed by atoms with Crippen LogP contribution in [0.1, 0.15) is 17.0 Å². The molecule has 1 aromatic heterocycles. The van der Waals surface area contributed by atoms with Gasteiger partial charge < -0.3 is 14.4 Å². The highest BCUT2D eigenvalue weighted by Gasteiger charge is 2.14. The van der Waals surface area contributed by atoms with Crippen LogP contribution in [0, 0.1) is 0 Å². The molecule has 3 aromatic carbocycles. The average Bonchev–Trinajstić information content (AvgIpc) is 3.12. The molecule has 7 heteroatoms. The predicted octanol–water partition coefficient (Wildman–Crippen LogP) is 3.49. The number of nitrogens with one attached hydrogen (secondary N) is 1. The minimum atomic E-state index is -0.295. The Hall–Kier alpha value is -4.13. The molecule has 0 fully saturated rings.